The lowest BCUT2D eigenvalue weighted by molar-refractivity contribution is -0.150. The molecular formula is C21H33N3O5. The molecule has 0 aromatic carbocycles. The van der Waals surface area contributed by atoms with Crippen LogP contribution in [0, 0.1) is 5.92 Å². The Morgan fingerprint density at radius 1 is 1.31 bits per heavy atom. The van der Waals surface area contributed by atoms with Gasteiger partial charge in [0.15, 0.2) is 0 Å². The molecule has 1 saturated heterocycles. The van der Waals surface area contributed by atoms with Crippen molar-refractivity contribution in [2.75, 3.05) is 20.2 Å². The van der Waals surface area contributed by atoms with Gasteiger partial charge in [0, 0.05) is 25.6 Å². The summed E-state index contributed by atoms with van der Waals surface area (Å²) in [6.45, 7) is 6.32. The van der Waals surface area contributed by atoms with Gasteiger partial charge in [0.25, 0.3) is 0 Å². The number of nitrogens with zero attached hydrogens (tertiary/aromatic N) is 1. The molecule has 0 aromatic heterocycles. The van der Waals surface area contributed by atoms with Crippen LogP contribution in [0.15, 0.2) is 23.8 Å². The summed E-state index contributed by atoms with van der Waals surface area (Å²) in [6.07, 6.45) is 7.67. The van der Waals surface area contributed by atoms with E-state index < -0.39 is 23.7 Å². The summed E-state index contributed by atoms with van der Waals surface area (Å²) in [5.41, 5.74) is 6.54. The minimum Gasteiger partial charge on any atom is -0.467 e. The summed E-state index contributed by atoms with van der Waals surface area (Å²) in [6, 6.07) is -0.795. The van der Waals surface area contributed by atoms with E-state index in [-0.39, 0.29) is 17.9 Å². The predicted molar refractivity (Wildman–Crippen MR) is 109 cm³/mol. The van der Waals surface area contributed by atoms with Crippen LogP contribution in [0.1, 0.15) is 46.5 Å². The summed E-state index contributed by atoms with van der Waals surface area (Å²) >= 11 is 0. The molecule has 8 nitrogen and oxygen atoms in total. The Bertz CT molecular complexity index is 680. The number of rotatable bonds is 6. The van der Waals surface area contributed by atoms with Crippen LogP contribution in [0.4, 0.5) is 4.79 Å². The van der Waals surface area contributed by atoms with Crippen molar-refractivity contribution in [2.45, 2.75) is 64.1 Å². The first-order chi connectivity index (χ1) is 13.6. The Morgan fingerprint density at radius 2 is 2.03 bits per heavy atom. The molecule has 0 aromatic rings. The van der Waals surface area contributed by atoms with Crippen LogP contribution in [0.5, 0.6) is 0 Å². The molecule has 162 valence electrons. The monoisotopic (exact) mass is 407 g/mol. The van der Waals surface area contributed by atoms with Crippen molar-refractivity contribution in [3.05, 3.63) is 23.8 Å². The summed E-state index contributed by atoms with van der Waals surface area (Å²) in [5.74, 6) is -0.354. The molecule has 2 aliphatic rings. The Kier molecular flexibility index (Phi) is 7.84. The van der Waals surface area contributed by atoms with Crippen LogP contribution < -0.4 is 11.1 Å². The fraction of sp³-hybridized carbons (Fsp3) is 0.667. The van der Waals surface area contributed by atoms with Gasteiger partial charge in [-0.1, -0.05) is 23.8 Å². The summed E-state index contributed by atoms with van der Waals surface area (Å²) < 4.78 is 10.0. The van der Waals surface area contributed by atoms with Crippen LogP contribution in [-0.4, -0.2) is 60.8 Å². The summed E-state index contributed by atoms with van der Waals surface area (Å²) in [5, 5.41) is 2.79. The molecular weight excluding hydrogens is 374 g/mol. The normalized spacial score (nSPS) is 24.1. The number of alkyl carbamates (subject to hydrolysis) is 1. The predicted octanol–water partition coefficient (Wildman–Crippen LogP) is 1.89. The van der Waals surface area contributed by atoms with Gasteiger partial charge in [0.1, 0.15) is 11.6 Å². The molecule has 0 saturated carbocycles. The number of hydrogen-bond donors (Lipinski definition) is 2. The second-order valence-corrected chi connectivity index (χ2v) is 8.64. The minimum absolute atomic E-state index is 0.0905. The van der Waals surface area contributed by atoms with E-state index in [1.165, 1.54) is 12.0 Å². The molecule has 2 rings (SSSR count). The number of carbonyl (C=O) groups is 3. The molecule has 3 unspecified atom stereocenters. The zero-order valence-corrected chi connectivity index (χ0v) is 17.8. The second-order valence-electron chi connectivity index (χ2n) is 8.64. The Hall–Kier alpha value is -2.35. The van der Waals surface area contributed by atoms with E-state index in [4.69, 9.17) is 15.2 Å². The van der Waals surface area contributed by atoms with Crippen molar-refractivity contribution in [3.63, 3.8) is 0 Å². The number of nitrogens with one attached hydrogen (secondary N) is 1. The van der Waals surface area contributed by atoms with Gasteiger partial charge in [0.2, 0.25) is 5.91 Å². The standard InChI is InChI=1S/C21H33N3O5/c1-21(2,3)29-20(27)23-12-15-7-5-6-14(10-15)8-9-18(25)24-13-16(22)11-17(24)19(26)28-4/h5-7,15-17H,8-13,22H2,1-4H3,(H,23,27). The van der Waals surface area contributed by atoms with E-state index in [9.17, 15) is 14.4 Å². The lowest BCUT2D eigenvalue weighted by Gasteiger charge is -2.24. The number of methoxy groups -OCH3 is 1. The number of hydrogen-bond acceptors (Lipinski definition) is 6. The smallest absolute Gasteiger partial charge is 0.407 e. The zero-order valence-electron chi connectivity index (χ0n) is 17.8. The number of amides is 2. The summed E-state index contributed by atoms with van der Waals surface area (Å²) in [7, 11) is 1.32. The number of carbonyl (C=O) groups excluding carboxylic acids is 3. The quantitative estimate of drug-likeness (QED) is 0.651. The van der Waals surface area contributed by atoms with Crippen molar-refractivity contribution < 1.29 is 23.9 Å². The average molecular weight is 408 g/mol. The highest BCUT2D eigenvalue weighted by atomic mass is 16.6. The van der Waals surface area contributed by atoms with E-state index in [0.29, 0.717) is 32.4 Å². The third-order valence-corrected chi connectivity index (χ3v) is 4.93. The number of likely N-dealkylation sites (tertiary alicyclic amines) is 1. The van der Waals surface area contributed by atoms with Crippen LogP contribution >= 0.6 is 0 Å². The van der Waals surface area contributed by atoms with E-state index in [1.807, 2.05) is 39.0 Å². The van der Waals surface area contributed by atoms with Crippen LogP contribution in [0.2, 0.25) is 0 Å². The molecule has 0 radical (unpaired) electrons. The SMILES string of the molecule is COC(=O)C1CC(N)CN1C(=O)CCC1=CC=CC(CNC(=O)OC(C)(C)C)C1. The van der Waals surface area contributed by atoms with Gasteiger partial charge in [-0.15, -0.1) is 0 Å². The van der Waals surface area contributed by atoms with Gasteiger partial charge in [0.05, 0.1) is 7.11 Å². The molecule has 0 bridgehead atoms. The molecule has 29 heavy (non-hydrogen) atoms. The first kappa shape index (κ1) is 22.9. The van der Waals surface area contributed by atoms with Crippen molar-refractivity contribution in [2.24, 2.45) is 11.7 Å². The second kappa shape index (κ2) is 9.91. The fourth-order valence-electron chi connectivity index (χ4n) is 3.59. The number of esters is 1. The van der Waals surface area contributed by atoms with Gasteiger partial charge >= 0.3 is 12.1 Å². The maximum absolute atomic E-state index is 12.6. The largest absolute Gasteiger partial charge is 0.467 e. The van der Waals surface area contributed by atoms with Gasteiger partial charge < -0.3 is 25.4 Å². The first-order valence-corrected chi connectivity index (χ1v) is 10.0. The van der Waals surface area contributed by atoms with Crippen LogP contribution in [0.3, 0.4) is 0 Å². The van der Waals surface area contributed by atoms with Gasteiger partial charge in [-0.05, 0) is 46.0 Å². The third kappa shape index (κ3) is 7.20. The lowest BCUT2D eigenvalue weighted by Crippen LogP contribution is -2.41. The highest BCUT2D eigenvalue weighted by Gasteiger charge is 2.38. The average Bonchev–Trinajstić information content (AvgIpc) is 3.04. The summed E-state index contributed by atoms with van der Waals surface area (Å²) in [4.78, 5) is 37.9. The Morgan fingerprint density at radius 3 is 2.69 bits per heavy atom. The van der Waals surface area contributed by atoms with Crippen molar-refractivity contribution in [1.29, 1.82) is 0 Å². The molecule has 0 spiro atoms. The fourth-order valence-corrected chi connectivity index (χ4v) is 3.59. The third-order valence-electron chi connectivity index (χ3n) is 4.93. The molecule has 1 fully saturated rings. The van der Waals surface area contributed by atoms with E-state index in [0.717, 1.165) is 12.0 Å². The number of allylic oxidation sites excluding steroid dienone is 3. The van der Waals surface area contributed by atoms with Gasteiger partial charge in [-0.2, -0.15) is 0 Å². The van der Waals surface area contributed by atoms with Crippen molar-refractivity contribution in [1.82, 2.24) is 10.2 Å². The number of ether oxygens (including phenoxy) is 2. The highest BCUT2D eigenvalue weighted by Crippen LogP contribution is 2.24. The molecule has 1 heterocycles. The van der Waals surface area contributed by atoms with Gasteiger partial charge in [-0.25, -0.2) is 9.59 Å². The number of nitrogens with two attached hydrogens (primary N) is 1. The maximum Gasteiger partial charge on any atom is 0.407 e. The molecule has 8 heteroatoms. The zero-order chi connectivity index (χ0) is 21.6. The highest BCUT2D eigenvalue weighted by molar-refractivity contribution is 5.85. The van der Waals surface area contributed by atoms with E-state index in [1.54, 1.807) is 0 Å². The molecule has 3 N–H and O–H groups in total. The topological polar surface area (TPSA) is 111 Å². The van der Waals surface area contributed by atoms with Crippen molar-refractivity contribution in [3.8, 4) is 0 Å². The Labute approximate surface area is 172 Å². The van der Waals surface area contributed by atoms with E-state index in [2.05, 4.69) is 5.32 Å². The van der Waals surface area contributed by atoms with Crippen LogP contribution in [-0.2, 0) is 19.1 Å². The Balaban J connectivity index is 1.80. The minimum atomic E-state index is -0.589. The van der Waals surface area contributed by atoms with Gasteiger partial charge in [-0.3, -0.25) is 4.79 Å². The molecule has 2 amide bonds. The first-order valence-electron chi connectivity index (χ1n) is 10.0. The molecule has 1 aliphatic carbocycles. The lowest BCUT2D eigenvalue weighted by atomic mass is 9.91. The van der Waals surface area contributed by atoms with E-state index >= 15 is 0 Å². The molecule has 1 aliphatic heterocycles. The van der Waals surface area contributed by atoms with Crippen molar-refractivity contribution >= 4 is 18.0 Å². The maximum atomic E-state index is 12.6. The molecule has 3 atom stereocenters. The van der Waals surface area contributed by atoms with Crippen LogP contribution in [0.25, 0.3) is 0 Å².